The van der Waals surface area contributed by atoms with Crippen LogP contribution in [0.2, 0.25) is 0 Å². The van der Waals surface area contributed by atoms with Crippen molar-refractivity contribution in [3.05, 3.63) is 46.0 Å². The number of hydrogen-bond acceptors (Lipinski definition) is 4. The predicted octanol–water partition coefficient (Wildman–Crippen LogP) is 3.03. The highest BCUT2D eigenvalue weighted by Crippen LogP contribution is 2.17. The third-order valence-electron chi connectivity index (χ3n) is 2.71. The standard InChI is InChI=1S/C13H16BrN3O/c1-9(11-4-3-5-12(14)8-11)15-7-6-13-16-10(2)17-18-13/h3-5,8-9,15H,6-7H2,1-2H3. The normalized spacial score (nSPS) is 12.6. The van der Waals surface area contributed by atoms with E-state index in [4.69, 9.17) is 4.52 Å². The molecule has 1 N–H and O–H groups in total. The topological polar surface area (TPSA) is 51.0 Å². The molecule has 1 heterocycles. The third-order valence-corrected chi connectivity index (χ3v) is 3.20. The molecule has 5 heteroatoms. The van der Waals surface area contributed by atoms with E-state index in [1.807, 2.05) is 19.1 Å². The molecule has 0 fully saturated rings. The van der Waals surface area contributed by atoms with Crippen molar-refractivity contribution < 1.29 is 4.52 Å². The Morgan fingerprint density at radius 3 is 2.94 bits per heavy atom. The van der Waals surface area contributed by atoms with Crippen LogP contribution in [0, 0.1) is 6.92 Å². The maximum atomic E-state index is 5.06. The van der Waals surface area contributed by atoms with Crippen LogP contribution in [0.4, 0.5) is 0 Å². The second-order valence-corrected chi connectivity index (χ2v) is 5.13. The second-order valence-electron chi connectivity index (χ2n) is 4.22. The molecular formula is C13H16BrN3O. The Bertz CT molecular complexity index is 512. The highest BCUT2D eigenvalue weighted by atomic mass is 79.9. The number of nitrogens with zero attached hydrogens (tertiary/aromatic N) is 2. The molecule has 0 aliphatic carbocycles. The van der Waals surface area contributed by atoms with E-state index in [0.29, 0.717) is 17.8 Å². The van der Waals surface area contributed by atoms with Gasteiger partial charge in [-0.2, -0.15) is 4.98 Å². The molecule has 96 valence electrons. The fraction of sp³-hybridized carbons (Fsp3) is 0.385. The summed E-state index contributed by atoms with van der Waals surface area (Å²) in [5, 5.41) is 7.20. The molecule has 0 aliphatic heterocycles. The zero-order valence-electron chi connectivity index (χ0n) is 10.5. The molecule has 0 saturated heterocycles. The Balaban J connectivity index is 1.83. The number of aromatic nitrogens is 2. The zero-order valence-corrected chi connectivity index (χ0v) is 12.1. The van der Waals surface area contributed by atoms with Crippen molar-refractivity contribution in [2.24, 2.45) is 0 Å². The second kappa shape index (κ2) is 6.11. The first-order valence-corrected chi connectivity index (χ1v) is 6.72. The van der Waals surface area contributed by atoms with E-state index < -0.39 is 0 Å². The van der Waals surface area contributed by atoms with Crippen molar-refractivity contribution in [1.82, 2.24) is 15.5 Å². The van der Waals surface area contributed by atoms with Gasteiger partial charge in [-0.1, -0.05) is 33.2 Å². The van der Waals surface area contributed by atoms with Crippen LogP contribution in [0.5, 0.6) is 0 Å². The molecule has 2 aromatic rings. The summed E-state index contributed by atoms with van der Waals surface area (Å²) in [6, 6.07) is 8.59. The first-order valence-electron chi connectivity index (χ1n) is 5.93. The van der Waals surface area contributed by atoms with E-state index in [1.54, 1.807) is 0 Å². The summed E-state index contributed by atoms with van der Waals surface area (Å²) < 4.78 is 6.16. The predicted molar refractivity (Wildman–Crippen MR) is 73.3 cm³/mol. The van der Waals surface area contributed by atoms with Gasteiger partial charge in [0.15, 0.2) is 5.82 Å². The van der Waals surface area contributed by atoms with Gasteiger partial charge in [-0.3, -0.25) is 0 Å². The average Bonchev–Trinajstić information content (AvgIpc) is 2.75. The smallest absolute Gasteiger partial charge is 0.227 e. The minimum absolute atomic E-state index is 0.298. The Morgan fingerprint density at radius 2 is 2.28 bits per heavy atom. The van der Waals surface area contributed by atoms with E-state index in [0.717, 1.165) is 17.4 Å². The summed E-state index contributed by atoms with van der Waals surface area (Å²) in [7, 11) is 0. The van der Waals surface area contributed by atoms with Crippen LogP contribution in [0.3, 0.4) is 0 Å². The van der Waals surface area contributed by atoms with Crippen molar-refractivity contribution in [2.75, 3.05) is 6.54 Å². The first-order chi connectivity index (χ1) is 8.65. The largest absolute Gasteiger partial charge is 0.339 e. The van der Waals surface area contributed by atoms with Gasteiger partial charge in [0.05, 0.1) is 0 Å². The van der Waals surface area contributed by atoms with E-state index in [9.17, 15) is 0 Å². The third kappa shape index (κ3) is 3.65. The molecule has 0 radical (unpaired) electrons. The SMILES string of the molecule is Cc1noc(CCNC(C)c2cccc(Br)c2)n1. The fourth-order valence-electron chi connectivity index (χ4n) is 1.73. The van der Waals surface area contributed by atoms with Crippen molar-refractivity contribution in [3.8, 4) is 0 Å². The molecule has 0 aliphatic rings. The number of rotatable bonds is 5. The first kappa shape index (κ1) is 13.2. The van der Waals surface area contributed by atoms with Crippen LogP contribution in [-0.2, 0) is 6.42 Å². The van der Waals surface area contributed by atoms with Gasteiger partial charge in [0.25, 0.3) is 0 Å². The fourth-order valence-corrected chi connectivity index (χ4v) is 2.15. The van der Waals surface area contributed by atoms with Crippen LogP contribution in [-0.4, -0.2) is 16.7 Å². The molecule has 0 amide bonds. The van der Waals surface area contributed by atoms with Crippen molar-refractivity contribution in [3.63, 3.8) is 0 Å². The van der Waals surface area contributed by atoms with Gasteiger partial charge in [-0.05, 0) is 31.5 Å². The molecule has 2 rings (SSSR count). The van der Waals surface area contributed by atoms with E-state index >= 15 is 0 Å². The lowest BCUT2D eigenvalue weighted by Crippen LogP contribution is -2.21. The summed E-state index contributed by atoms with van der Waals surface area (Å²) in [6.07, 6.45) is 0.749. The molecule has 1 unspecified atom stereocenters. The molecule has 4 nitrogen and oxygen atoms in total. The summed E-state index contributed by atoms with van der Waals surface area (Å²) in [5.74, 6) is 1.37. The van der Waals surface area contributed by atoms with Gasteiger partial charge in [0, 0.05) is 23.5 Å². The number of nitrogens with one attached hydrogen (secondary N) is 1. The van der Waals surface area contributed by atoms with Crippen LogP contribution >= 0.6 is 15.9 Å². The van der Waals surface area contributed by atoms with Crippen molar-refractivity contribution in [2.45, 2.75) is 26.3 Å². The summed E-state index contributed by atoms with van der Waals surface area (Å²) in [4.78, 5) is 4.17. The van der Waals surface area contributed by atoms with Gasteiger partial charge in [-0.25, -0.2) is 0 Å². The Hall–Kier alpha value is -1.20. The quantitative estimate of drug-likeness (QED) is 0.922. The molecule has 0 spiro atoms. The Labute approximate surface area is 115 Å². The summed E-state index contributed by atoms with van der Waals surface area (Å²) in [6.45, 7) is 4.78. The lowest BCUT2D eigenvalue weighted by atomic mass is 10.1. The van der Waals surface area contributed by atoms with Gasteiger partial charge in [-0.15, -0.1) is 0 Å². The maximum absolute atomic E-state index is 5.06. The minimum atomic E-state index is 0.298. The highest BCUT2D eigenvalue weighted by Gasteiger charge is 2.06. The van der Waals surface area contributed by atoms with E-state index in [2.05, 4.69) is 50.4 Å². The molecule has 0 bridgehead atoms. The lowest BCUT2D eigenvalue weighted by molar-refractivity contribution is 0.370. The van der Waals surface area contributed by atoms with Crippen LogP contribution in [0.1, 0.15) is 30.2 Å². The monoisotopic (exact) mass is 309 g/mol. The molecule has 1 atom stereocenters. The van der Waals surface area contributed by atoms with E-state index in [1.165, 1.54) is 5.56 Å². The van der Waals surface area contributed by atoms with Crippen molar-refractivity contribution >= 4 is 15.9 Å². The van der Waals surface area contributed by atoms with E-state index in [-0.39, 0.29) is 0 Å². The van der Waals surface area contributed by atoms with Gasteiger partial charge < -0.3 is 9.84 Å². The Morgan fingerprint density at radius 1 is 1.44 bits per heavy atom. The number of benzene rings is 1. The molecule has 1 aromatic carbocycles. The average molecular weight is 310 g/mol. The molecule has 18 heavy (non-hydrogen) atoms. The van der Waals surface area contributed by atoms with Crippen LogP contribution in [0.15, 0.2) is 33.3 Å². The minimum Gasteiger partial charge on any atom is -0.339 e. The number of aryl methyl sites for hydroxylation is 1. The Kier molecular flexibility index (Phi) is 4.49. The maximum Gasteiger partial charge on any atom is 0.227 e. The van der Waals surface area contributed by atoms with Gasteiger partial charge >= 0.3 is 0 Å². The van der Waals surface area contributed by atoms with Crippen LogP contribution in [0.25, 0.3) is 0 Å². The summed E-state index contributed by atoms with van der Waals surface area (Å²) >= 11 is 3.48. The molecular weight excluding hydrogens is 294 g/mol. The summed E-state index contributed by atoms with van der Waals surface area (Å²) in [5.41, 5.74) is 1.26. The van der Waals surface area contributed by atoms with Gasteiger partial charge in [0.2, 0.25) is 5.89 Å². The zero-order chi connectivity index (χ0) is 13.0. The number of halogens is 1. The lowest BCUT2D eigenvalue weighted by Gasteiger charge is -2.13. The number of hydrogen-bond donors (Lipinski definition) is 1. The van der Waals surface area contributed by atoms with Crippen LogP contribution < -0.4 is 5.32 Å². The molecule has 1 aromatic heterocycles. The van der Waals surface area contributed by atoms with Gasteiger partial charge in [0.1, 0.15) is 0 Å². The van der Waals surface area contributed by atoms with Crippen molar-refractivity contribution in [1.29, 1.82) is 0 Å². The molecule has 0 saturated carbocycles. The highest BCUT2D eigenvalue weighted by molar-refractivity contribution is 9.10.